The average molecular weight is 529 g/mol. The molecule has 0 aliphatic carbocycles. The van der Waals surface area contributed by atoms with E-state index in [0.717, 1.165) is 38.1 Å². The van der Waals surface area contributed by atoms with Gasteiger partial charge in [0.05, 0.1) is 18.8 Å². The van der Waals surface area contributed by atoms with Crippen LogP contribution in [-0.2, 0) is 22.6 Å². The first-order valence-electron chi connectivity index (χ1n) is 12.8. The minimum absolute atomic E-state index is 0.00320. The fourth-order valence-electron chi connectivity index (χ4n) is 4.74. The second-order valence-electron chi connectivity index (χ2n) is 9.53. The molecule has 0 unspecified atom stereocenters. The molecule has 6 nitrogen and oxygen atoms in total. The van der Waals surface area contributed by atoms with Crippen LogP contribution in [-0.4, -0.2) is 17.0 Å². The van der Waals surface area contributed by atoms with Crippen molar-refractivity contribution in [1.29, 1.82) is 0 Å². The van der Waals surface area contributed by atoms with Crippen LogP contribution in [0.4, 0.5) is 0 Å². The van der Waals surface area contributed by atoms with Crippen molar-refractivity contribution in [3.8, 4) is 11.1 Å². The van der Waals surface area contributed by atoms with E-state index in [9.17, 15) is 10.3 Å². The molecule has 38 heavy (non-hydrogen) atoms. The number of aliphatic hydroxyl groups is 1. The molecular formula is C31H32N2O4S. The Labute approximate surface area is 227 Å². The van der Waals surface area contributed by atoms with Crippen molar-refractivity contribution in [3.05, 3.63) is 125 Å². The van der Waals surface area contributed by atoms with Crippen molar-refractivity contribution >= 4 is 11.8 Å². The minimum atomic E-state index is -0.577. The maximum absolute atomic E-state index is 12.2. The summed E-state index contributed by atoms with van der Waals surface area (Å²) >= 11 is 1.49. The molecule has 1 fully saturated rings. The number of thioether (sulfide) groups is 1. The van der Waals surface area contributed by atoms with E-state index < -0.39 is 6.29 Å². The van der Waals surface area contributed by atoms with Crippen LogP contribution in [0.5, 0.6) is 0 Å². The lowest BCUT2D eigenvalue weighted by Gasteiger charge is -2.41. The number of benzene rings is 3. The summed E-state index contributed by atoms with van der Waals surface area (Å²) in [7, 11) is 0. The van der Waals surface area contributed by atoms with Gasteiger partial charge in [-0.2, -0.15) is 4.73 Å². The SMILES string of the molecule is C[C@@H]1[C@H](CSc2cccc[n+]2[O-])O[C@H](c2cccc(-c3cccc(CN)c3)c2)O[C@@H]1c1ccc(CO)cc1. The van der Waals surface area contributed by atoms with Crippen molar-refractivity contribution in [2.75, 3.05) is 5.75 Å². The van der Waals surface area contributed by atoms with Crippen LogP contribution in [0.1, 0.15) is 41.6 Å². The highest BCUT2D eigenvalue weighted by Gasteiger charge is 2.38. The van der Waals surface area contributed by atoms with E-state index in [2.05, 4.69) is 31.2 Å². The standard InChI is InChI=1S/C31H32N2O4S/c1-21-28(20-38-29-10-2-3-15-33(29)35)36-31(37-30(21)24-13-11-22(19-34)12-14-24)27-9-5-8-26(17-27)25-7-4-6-23(16-25)18-32/h2-17,21,28,30-31,34H,18-20,32H2,1H3/t21-,28+,30+,31+/m1/s1. The van der Waals surface area contributed by atoms with Gasteiger partial charge in [0.2, 0.25) is 0 Å². The first-order valence-corrected chi connectivity index (χ1v) is 13.7. The fraction of sp³-hybridized carbons (Fsp3) is 0.258. The topological polar surface area (TPSA) is 91.7 Å². The molecule has 1 aliphatic rings. The van der Waals surface area contributed by atoms with Crippen molar-refractivity contribution in [3.63, 3.8) is 0 Å². The van der Waals surface area contributed by atoms with E-state index in [1.807, 2.05) is 60.7 Å². The van der Waals surface area contributed by atoms with Gasteiger partial charge in [0, 0.05) is 35.9 Å². The van der Waals surface area contributed by atoms with Gasteiger partial charge in [-0.15, -0.1) is 0 Å². The van der Waals surface area contributed by atoms with E-state index in [1.165, 1.54) is 18.0 Å². The fourth-order valence-corrected chi connectivity index (χ4v) is 5.82. The van der Waals surface area contributed by atoms with E-state index in [1.54, 1.807) is 6.07 Å². The molecule has 0 amide bonds. The van der Waals surface area contributed by atoms with E-state index in [4.69, 9.17) is 15.2 Å². The quantitative estimate of drug-likeness (QED) is 0.178. The van der Waals surface area contributed by atoms with Crippen LogP contribution >= 0.6 is 11.8 Å². The highest BCUT2D eigenvalue weighted by molar-refractivity contribution is 7.99. The third-order valence-electron chi connectivity index (χ3n) is 6.96. The molecule has 1 aliphatic heterocycles. The van der Waals surface area contributed by atoms with Crippen LogP contribution < -0.4 is 10.5 Å². The van der Waals surface area contributed by atoms with Gasteiger partial charge in [0.15, 0.2) is 12.5 Å². The van der Waals surface area contributed by atoms with Crippen molar-refractivity contribution in [2.24, 2.45) is 11.7 Å². The number of hydrogen-bond donors (Lipinski definition) is 2. The predicted octanol–water partition coefficient (Wildman–Crippen LogP) is 5.52. The van der Waals surface area contributed by atoms with E-state index >= 15 is 0 Å². The number of aliphatic hydroxyl groups excluding tert-OH is 1. The molecule has 1 saturated heterocycles. The molecule has 1 aromatic heterocycles. The molecule has 196 valence electrons. The molecule has 0 bridgehead atoms. The molecule has 3 aromatic carbocycles. The molecule has 4 atom stereocenters. The van der Waals surface area contributed by atoms with Gasteiger partial charge >= 0.3 is 0 Å². The number of aromatic nitrogens is 1. The lowest BCUT2D eigenvalue weighted by Crippen LogP contribution is -2.39. The van der Waals surface area contributed by atoms with Crippen molar-refractivity contribution in [2.45, 2.75) is 43.6 Å². The van der Waals surface area contributed by atoms with Crippen LogP contribution in [0.2, 0.25) is 0 Å². The zero-order valence-electron chi connectivity index (χ0n) is 21.3. The normalized spacial score (nSPS) is 21.3. The number of hydrogen-bond acceptors (Lipinski definition) is 6. The van der Waals surface area contributed by atoms with Crippen LogP contribution in [0.25, 0.3) is 11.1 Å². The van der Waals surface area contributed by atoms with Gasteiger partial charge in [0.1, 0.15) is 0 Å². The first-order chi connectivity index (χ1) is 18.6. The largest absolute Gasteiger partial charge is 0.618 e. The second-order valence-corrected chi connectivity index (χ2v) is 10.6. The highest BCUT2D eigenvalue weighted by atomic mass is 32.2. The highest BCUT2D eigenvalue weighted by Crippen LogP contribution is 2.43. The molecule has 3 N–H and O–H groups in total. The summed E-state index contributed by atoms with van der Waals surface area (Å²) in [5, 5.41) is 22.4. The lowest BCUT2D eigenvalue weighted by atomic mass is 9.91. The monoisotopic (exact) mass is 528 g/mol. The summed E-state index contributed by atoms with van der Waals surface area (Å²) in [6, 6.07) is 29.7. The van der Waals surface area contributed by atoms with E-state index in [0.29, 0.717) is 17.3 Å². The maximum Gasteiger partial charge on any atom is 0.251 e. The molecule has 0 saturated carbocycles. The third kappa shape index (κ3) is 5.93. The number of nitrogens with zero attached hydrogens (tertiary/aromatic N) is 1. The Bertz CT molecular complexity index is 1360. The summed E-state index contributed by atoms with van der Waals surface area (Å²) in [6.07, 6.45) is 0.556. The second kappa shape index (κ2) is 12.1. The summed E-state index contributed by atoms with van der Waals surface area (Å²) in [4.78, 5) is 0. The van der Waals surface area contributed by atoms with Gasteiger partial charge in [-0.1, -0.05) is 79.3 Å². The van der Waals surface area contributed by atoms with Crippen LogP contribution in [0, 0.1) is 11.1 Å². The molecular weight excluding hydrogens is 496 g/mol. The summed E-state index contributed by atoms with van der Waals surface area (Å²) in [5.41, 5.74) is 11.9. The molecule has 0 radical (unpaired) electrons. The Morgan fingerprint density at radius 1 is 0.868 bits per heavy atom. The Kier molecular flexibility index (Phi) is 8.42. The third-order valence-corrected chi connectivity index (χ3v) is 8.07. The van der Waals surface area contributed by atoms with E-state index in [-0.39, 0.29) is 24.7 Å². The number of pyridine rings is 1. The lowest BCUT2D eigenvalue weighted by molar-refractivity contribution is -0.645. The first kappa shape index (κ1) is 26.4. The Balaban J connectivity index is 1.44. The Hall–Kier alpha value is -3.20. The maximum atomic E-state index is 12.2. The zero-order valence-corrected chi connectivity index (χ0v) is 22.1. The summed E-state index contributed by atoms with van der Waals surface area (Å²) < 4.78 is 14.1. The Morgan fingerprint density at radius 3 is 2.37 bits per heavy atom. The predicted molar refractivity (Wildman–Crippen MR) is 149 cm³/mol. The molecule has 5 rings (SSSR count). The van der Waals surface area contributed by atoms with Crippen LogP contribution in [0.3, 0.4) is 0 Å². The van der Waals surface area contributed by atoms with Gasteiger partial charge in [0.25, 0.3) is 5.03 Å². The van der Waals surface area contributed by atoms with Crippen molar-refractivity contribution in [1.82, 2.24) is 0 Å². The average Bonchev–Trinajstić information content (AvgIpc) is 2.97. The van der Waals surface area contributed by atoms with Crippen LogP contribution in [0.15, 0.2) is 102 Å². The number of rotatable bonds is 8. The number of nitrogens with two attached hydrogens (primary N) is 1. The number of ether oxygens (including phenoxy) is 2. The summed E-state index contributed by atoms with van der Waals surface area (Å²) in [6.45, 7) is 2.61. The van der Waals surface area contributed by atoms with Gasteiger partial charge in [-0.05, 0) is 46.0 Å². The van der Waals surface area contributed by atoms with Crippen molar-refractivity contribution < 1.29 is 19.3 Å². The molecule has 0 spiro atoms. The Morgan fingerprint density at radius 2 is 1.63 bits per heavy atom. The van der Waals surface area contributed by atoms with Gasteiger partial charge < -0.3 is 25.5 Å². The smallest absolute Gasteiger partial charge is 0.251 e. The molecule has 2 heterocycles. The molecule has 7 heteroatoms. The summed E-state index contributed by atoms with van der Waals surface area (Å²) in [5.74, 6) is 0.642. The molecule has 4 aromatic rings. The van der Waals surface area contributed by atoms with Gasteiger partial charge in [-0.25, -0.2) is 0 Å². The zero-order chi connectivity index (χ0) is 26.5. The minimum Gasteiger partial charge on any atom is -0.618 e. The van der Waals surface area contributed by atoms with Gasteiger partial charge in [-0.3, -0.25) is 0 Å².